The highest BCUT2D eigenvalue weighted by atomic mass is 32.2. The van der Waals surface area contributed by atoms with Gasteiger partial charge >= 0.3 is 0 Å². The fraction of sp³-hybridized carbons (Fsp3) is 0.400. The summed E-state index contributed by atoms with van der Waals surface area (Å²) in [6.45, 7) is 3.38. The van der Waals surface area contributed by atoms with Crippen molar-refractivity contribution in [2.75, 3.05) is 0 Å². The molecule has 7 heteroatoms. The van der Waals surface area contributed by atoms with Gasteiger partial charge in [0.15, 0.2) is 0 Å². The summed E-state index contributed by atoms with van der Waals surface area (Å²) in [5.41, 5.74) is 0.00674. The lowest BCUT2D eigenvalue weighted by molar-refractivity contribution is -0.385. The van der Waals surface area contributed by atoms with Gasteiger partial charge in [-0.1, -0.05) is 18.2 Å². The Balaban J connectivity index is 3.00. The third kappa shape index (κ3) is 4.12. The molecule has 1 N–H and O–H groups in total. The number of nitrogens with zero attached hydrogens (tertiary/aromatic N) is 1. The summed E-state index contributed by atoms with van der Waals surface area (Å²) in [5, 5.41) is 10.7. The summed E-state index contributed by atoms with van der Waals surface area (Å²) >= 11 is 0. The molecule has 0 radical (unpaired) electrons. The number of nitro groups is 1. The molecule has 0 atom stereocenters. The van der Waals surface area contributed by atoms with E-state index < -0.39 is 14.9 Å². The van der Waals surface area contributed by atoms with Crippen molar-refractivity contribution in [1.29, 1.82) is 0 Å². The Labute approximate surface area is 99.9 Å². The van der Waals surface area contributed by atoms with Gasteiger partial charge in [-0.05, 0) is 13.8 Å². The minimum atomic E-state index is -3.54. The Morgan fingerprint density at radius 2 is 1.94 bits per heavy atom. The third-order valence-corrected chi connectivity index (χ3v) is 3.47. The Kier molecular flexibility index (Phi) is 4.19. The molecule has 0 fully saturated rings. The molecule has 0 aromatic heterocycles. The first-order chi connectivity index (χ1) is 7.82. The summed E-state index contributed by atoms with van der Waals surface area (Å²) in [4.78, 5) is 10.1. The molecule has 94 valence electrons. The van der Waals surface area contributed by atoms with E-state index in [1.165, 1.54) is 18.2 Å². The summed E-state index contributed by atoms with van der Waals surface area (Å²) < 4.78 is 25.7. The second-order valence-corrected chi connectivity index (χ2v) is 5.67. The SMILES string of the molecule is CC(C)NS(=O)(=O)Cc1ccccc1[N+](=O)[O-]. The van der Waals surface area contributed by atoms with Crippen molar-refractivity contribution in [1.82, 2.24) is 4.72 Å². The van der Waals surface area contributed by atoms with Crippen LogP contribution in [0.4, 0.5) is 5.69 Å². The van der Waals surface area contributed by atoms with Crippen LogP contribution in [-0.4, -0.2) is 19.4 Å². The average molecular weight is 258 g/mol. The smallest absolute Gasteiger partial charge is 0.258 e. The number of para-hydroxylation sites is 1. The molecule has 6 nitrogen and oxygen atoms in total. The molecule has 0 spiro atoms. The van der Waals surface area contributed by atoms with E-state index in [0.29, 0.717) is 0 Å². The van der Waals surface area contributed by atoms with Gasteiger partial charge in [-0.25, -0.2) is 13.1 Å². The second-order valence-electron chi connectivity index (χ2n) is 3.92. The molecular formula is C10H14N2O4S. The Morgan fingerprint density at radius 3 is 2.47 bits per heavy atom. The van der Waals surface area contributed by atoms with Gasteiger partial charge in [0.25, 0.3) is 5.69 Å². The lowest BCUT2D eigenvalue weighted by Crippen LogP contribution is -2.31. The molecule has 1 aromatic rings. The van der Waals surface area contributed by atoms with Crippen molar-refractivity contribution in [3.63, 3.8) is 0 Å². The largest absolute Gasteiger partial charge is 0.273 e. The van der Waals surface area contributed by atoms with Crippen molar-refractivity contribution < 1.29 is 13.3 Å². The number of nitro benzene ring substituents is 1. The maximum absolute atomic E-state index is 11.7. The Morgan fingerprint density at radius 1 is 1.35 bits per heavy atom. The van der Waals surface area contributed by atoms with Crippen LogP contribution in [-0.2, 0) is 15.8 Å². The van der Waals surface area contributed by atoms with Crippen LogP contribution < -0.4 is 4.72 Å². The molecule has 0 bridgehead atoms. The standard InChI is InChI=1S/C10H14N2O4S/c1-8(2)11-17(15,16)7-9-5-3-4-6-10(9)12(13)14/h3-6,8,11H,7H2,1-2H3. The van der Waals surface area contributed by atoms with E-state index in [1.807, 2.05) is 0 Å². The molecule has 0 saturated heterocycles. The van der Waals surface area contributed by atoms with Crippen LogP contribution in [0.5, 0.6) is 0 Å². The lowest BCUT2D eigenvalue weighted by atomic mass is 10.2. The predicted octanol–water partition coefficient (Wildman–Crippen LogP) is 1.42. The summed E-state index contributed by atoms with van der Waals surface area (Å²) in [5.74, 6) is -0.387. The van der Waals surface area contributed by atoms with Crippen molar-refractivity contribution in [3.05, 3.63) is 39.9 Å². The van der Waals surface area contributed by atoms with Gasteiger partial charge in [-0.2, -0.15) is 0 Å². The van der Waals surface area contributed by atoms with E-state index in [1.54, 1.807) is 19.9 Å². The number of nitrogens with one attached hydrogen (secondary N) is 1. The van der Waals surface area contributed by atoms with Crippen molar-refractivity contribution in [2.24, 2.45) is 0 Å². The molecule has 0 amide bonds. The summed E-state index contributed by atoms with van der Waals surface area (Å²) in [6.07, 6.45) is 0. The topological polar surface area (TPSA) is 89.3 Å². The van der Waals surface area contributed by atoms with Crippen molar-refractivity contribution in [3.8, 4) is 0 Å². The highest BCUT2D eigenvalue weighted by Crippen LogP contribution is 2.19. The molecule has 0 aliphatic carbocycles. The van der Waals surface area contributed by atoms with E-state index in [4.69, 9.17) is 0 Å². The van der Waals surface area contributed by atoms with Crippen molar-refractivity contribution in [2.45, 2.75) is 25.6 Å². The zero-order valence-corrected chi connectivity index (χ0v) is 10.4. The summed E-state index contributed by atoms with van der Waals surface area (Å²) in [6, 6.07) is 5.58. The molecule has 17 heavy (non-hydrogen) atoms. The van der Waals surface area contributed by atoms with Crippen molar-refractivity contribution >= 4 is 15.7 Å². The van der Waals surface area contributed by atoms with E-state index >= 15 is 0 Å². The third-order valence-electron chi connectivity index (χ3n) is 1.95. The van der Waals surface area contributed by atoms with E-state index in [2.05, 4.69) is 4.72 Å². The van der Waals surface area contributed by atoms with Crippen LogP contribution >= 0.6 is 0 Å². The van der Waals surface area contributed by atoms with E-state index in [-0.39, 0.29) is 23.0 Å². The maximum atomic E-state index is 11.7. The number of benzene rings is 1. The maximum Gasteiger partial charge on any atom is 0.273 e. The van der Waals surface area contributed by atoms with E-state index in [0.717, 1.165) is 0 Å². The van der Waals surface area contributed by atoms with Gasteiger partial charge in [0.2, 0.25) is 10.0 Å². The van der Waals surface area contributed by atoms with Crippen LogP contribution in [0.2, 0.25) is 0 Å². The molecular weight excluding hydrogens is 244 g/mol. The molecule has 1 rings (SSSR count). The normalized spacial score (nSPS) is 11.7. The fourth-order valence-corrected chi connectivity index (χ4v) is 2.87. The number of sulfonamides is 1. The first kappa shape index (κ1) is 13.6. The summed E-state index contributed by atoms with van der Waals surface area (Å²) in [7, 11) is -3.54. The molecule has 0 aliphatic heterocycles. The number of rotatable bonds is 5. The van der Waals surface area contributed by atoms with Gasteiger partial charge in [0, 0.05) is 17.7 Å². The number of hydrogen-bond donors (Lipinski definition) is 1. The first-order valence-corrected chi connectivity index (χ1v) is 6.69. The molecule has 0 heterocycles. The van der Waals surface area contributed by atoms with Crippen LogP contribution in [0.15, 0.2) is 24.3 Å². The minimum absolute atomic E-state index is 0.179. The van der Waals surface area contributed by atoms with Crippen LogP contribution in [0, 0.1) is 10.1 Å². The zero-order chi connectivity index (χ0) is 13.1. The van der Waals surface area contributed by atoms with Gasteiger partial charge < -0.3 is 0 Å². The highest BCUT2D eigenvalue weighted by molar-refractivity contribution is 7.88. The van der Waals surface area contributed by atoms with Gasteiger partial charge in [-0.3, -0.25) is 10.1 Å². The first-order valence-electron chi connectivity index (χ1n) is 5.04. The Hall–Kier alpha value is -1.47. The van der Waals surface area contributed by atoms with E-state index in [9.17, 15) is 18.5 Å². The van der Waals surface area contributed by atoms with Crippen LogP contribution in [0.1, 0.15) is 19.4 Å². The number of hydrogen-bond acceptors (Lipinski definition) is 4. The predicted molar refractivity (Wildman–Crippen MR) is 64.0 cm³/mol. The Bertz CT molecular complexity index is 511. The molecule has 0 aliphatic rings. The van der Waals surface area contributed by atoms with Crippen LogP contribution in [0.25, 0.3) is 0 Å². The quantitative estimate of drug-likeness (QED) is 0.639. The van der Waals surface area contributed by atoms with Gasteiger partial charge in [0.05, 0.1) is 10.7 Å². The van der Waals surface area contributed by atoms with Crippen LogP contribution in [0.3, 0.4) is 0 Å². The minimum Gasteiger partial charge on any atom is -0.258 e. The lowest BCUT2D eigenvalue weighted by Gasteiger charge is -2.09. The second kappa shape index (κ2) is 5.24. The molecule has 0 saturated carbocycles. The fourth-order valence-electron chi connectivity index (χ4n) is 1.42. The molecule has 0 unspecified atom stereocenters. The average Bonchev–Trinajstić information content (AvgIpc) is 2.14. The van der Waals surface area contributed by atoms with Gasteiger partial charge in [-0.15, -0.1) is 0 Å². The highest BCUT2D eigenvalue weighted by Gasteiger charge is 2.19. The molecule has 1 aromatic carbocycles. The monoisotopic (exact) mass is 258 g/mol. The van der Waals surface area contributed by atoms with Gasteiger partial charge in [0.1, 0.15) is 0 Å². The zero-order valence-electron chi connectivity index (χ0n) is 9.58.